The molecule has 0 amide bonds. The smallest absolute Gasteiger partial charge is 0.343 e. The standard InChI is InChI=1S/C26H33N3O4S2/c1-18(2)16-29(17-19(3)4)35(31,32)22-10-7-20(8-11-22)25(30)33-21-9-12-23-24(15-21)34-26(27-23)28-13-5-6-14-28/h7-12,15,18-19H,5-6,13-14,16-17H2,1-4H3. The molecular formula is C26H33N3O4S2. The molecule has 9 heteroatoms. The van der Waals surface area contributed by atoms with Crippen molar-refractivity contribution in [2.24, 2.45) is 11.8 Å². The number of carbonyl (C=O) groups is 1. The lowest BCUT2D eigenvalue weighted by atomic mass is 10.2. The summed E-state index contributed by atoms with van der Waals surface area (Å²) in [6.07, 6.45) is 2.37. The number of aromatic nitrogens is 1. The van der Waals surface area contributed by atoms with Gasteiger partial charge in [-0.25, -0.2) is 18.2 Å². The maximum Gasteiger partial charge on any atom is 0.343 e. The molecule has 7 nitrogen and oxygen atoms in total. The van der Waals surface area contributed by atoms with Gasteiger partial charge in [0.1, 0.15) is 5.75 Å². The Kier molecular flexibility index (Phi) is 7.78. The first kappa shape index (κ1) is 25.6. The van der Waals surface area contributed by atoms with Gasteiger partial charge in [0.25, 0.3) is 0 Å². The van der Waals surface area contributed by atoms with E-state index >= 15 is 0 Å². The van der Waals surface area contributed by atoms with Crippen molar-refractivity contribution in [3.05, 3.63) is 48.0 Å². The van der Waals surface area contributed by atoms with Gasteiger partial charge in [-0.05, 0) is 61.1 Å². The molecule has 0 unspecified atom stereocenters. The van der Waals surface area contributed by atoms with Gasteiger partial charge < -0.3 is 9.64 Å². The van der Waals surface area contributed by atoms with E-state index in [2.05, 4.69) is 4.90 Å². The van der Waals surface area contributed by atoms with E-state index in [0.717, 1.165) is 28.4 Å². The molecule has 1 aliphatic heterocycles. The number of nitrogens with zero attached hydrogens (tertiary/aromatic N) is 3. The summed E-state index contributed by atoms with van der Waals surface area (Å²) in [5.41, 5.74) is 1.18. The molecule has 3 aromatic rings. The lowest BCUT2D eigenvalue weighted by Gasteiger charge is -2.25. The third kappa shape index (κ3) is 6.02. The minimum atomic E-state index is -3.65. The van der Waals surface area contributed by atoms with Gasteiger partial charge in [-0.2, -0.15) is 4.31 Å². The normalized spacial score (nSPS) is 14.5. The van der Waals surface area contributed by atoms with Crippen molar-refractivity contribution >= 4 is 42.7 Å². The van der Waals surface area contributed by atoms with Gasteiger partial charge in [-0.3, -0.25) is 0 Å². The molecule has 1 fully saturated rings. The van der Waals surface area contributed by atoms with Crippen LogP contribution < -0.4 is 9.64 Å². The van der Waals surface area contributed by atoms with Gasteiger partial charge >= 0.3 is 5.97 Å². The van der Waals surface area contributed by atoms with Gasteiger partial charge in [0, 0.05) is 32.2 Å². The Morgan fingerprint density at radius 1 is 1.03 bits per heavy atom. The van der Waals surface area contributed by atoms with Crippen molar-refractivity contribution in [2.75, 3.05) is 31.1 Å². The number of ether oxygens (including phenoxy) is 1. The molecule has 2 aromatic carbocycles. The predicted octanol–water partition coefficient (Wildman–Crippen LogP) is 5.42. The predicted molar refractivity (Wildman–Crippen MR) is 141 cm³/mol. The molecule has 0 radical (unpaired) electrons. The molecule has 1 aromatic heterocycles. The van der Waals surface area contributed by atoms with E-state index < -0.39 is 16.0 Å². The molecule has 0 aliphatic carbocycles. The number of fused-ring (bicyclic) bond motifs is 1. The van der Waals surface area contributed by atoms with Crippen LogP contribution in [0.2, 0.25) is 0 Å². The fourth-order valence-electron chi connectivity index (χ4n) is 4.16. The van der Waals surface area contributed by atoms with Crippen molar-refractivity contribution in [2.45, 2.75) is 45.4 Å². The number of anilines is 1. The van der Waals surface area contributed by atoms with Crippen LogP contribution in [-0.2, 0) is 10.0 Å². The van der Waals surface area contributed by atoms with Crippen LogP contribution in [0.3, 0.4) is 0 Å². The number of esters is 1. The molecule has 1 saturated heterocycles. The first-order chi connectivity index (χ1) is 16.6. The van der Waals surface area contributed by atoms with Crippen molar-refractivity contribution < 1.29 is 17.9 Å². The van der Waals surface area contributed by atoms with Crippen LogP contribution in [0, 0.1) is 11.8 Å². The Morgan fingerprint density at radius 2 is 1.66 bits per heavy atom. The van der Waals surface area contributed by atoms with Crippen molar-refractivity contribution in [3.63, 3.8) is 0 Å². The van der Waals surface area contributed by atoms with Crippen LogP contribution in [0.5, 0.6) is 5.75 Å². The number of thiazole rings is 1. The number of carbonyl (C=O) groups excluding carboxylic acids is 1. The second-order valence-corrected chi connectivity index (χ2v) is 12.8. The van der Waals surface area contributed by atoms with E-state index in [9.17, 15) is 13.2 Å². The minimum Gasteiger partial charge on any atom is -0.423 e. The van der Waals surface area contributed by atoms with E-state index in [-0.39, 0.29) is 16.7 Å². The number of benzene rings is 2. The lowest BCUT2D eigenvalue weighted by molar-refractivity contribution is 0.0735. The third-order valence-electron chi connectivity index (χ3n) is 5.80. The molecular weight excluding hydrogens is 482 g/mol. The van der Waals surface area contributed by atoms with E-state index in [1.54, 1.807) is 17.4 Å². The molecule has 188 valence electrons. The van der Waals surface area contributed by atoms with E-state index in [0.29, 0.717) is 24.4 Å². The van der Waals surface area contributed by atoms with Crippen LogP contribution in [0.4, 0.5) is 5.13 Å². The summed E-state index contributed by atoms with van der Waals surface area (Å²) in [4.78, 5) is 19.9. The largest absolute Gasteiger partial charge is 0.423 e. The highest BCUT2D eigenvalue weighted by Crippen LogP contribution is 2.33. The van der Waals surface area contributed by atoms with Crippen LogP contribution in [0.1, 0.15) is 50.9 Å². The zero-order valence-electron chi connectivity index (χ0n) is 20.7. The van der Waals surface area contributed by atoms with Crippen LogP contribution in [0.25, 0.3) is 10.2 Å². The molecule has 2 heterocycles. The fourth-order valence-corrected chi connectivity index (χ4v) is 6.98. The van der Waals surface area contributed by atoms with Crippen LogP contribution in [0.15, 0.2) is 47.4 Å². The maximum atomic E-state index is 13.2. The summed E-state index contributed by atoms with van der Waals surface area (Å²) >= 11 is 1.60. The topological polar surface area (TPSA) is 79.8 Å². The first-order valence-electron chi connectivity index (χ1n) is 12.1. The third-order valence-corrected chi connectivity index (χ3v) is 8.73. The zero-order valence-corrected chi connectivity index (χ0v) is 22.4. The summed E-state index contributed by atoms with van der Waals surface area (Å²) in [5.74, 6) is 0.329. The molecule has 0 spiro atoms. The Bertz CT molecular complexity index is 1270. The SMILES string of the molecule is CC(C)CN(CC(C)C)S(=O)(=O)c1ccc(C(=O)Oc2ccc3nc(N4CCCC4)sc3c2)cc1. The summed E-state index contributed by atoms with van der Waals surface area (Å²) in [6, 6.07) is 11.4. The number of sulfonamides is 1. The molecule has 0 saturated carbocycles. The average Bonchev–Trinajstić information content (AvgIpc) is 3.47. The summed E-state index contributed by atoms with van der Waals surface area (Å²) in [6.45, 7) is 10.9. The Morgan fingerprint density at radius 3 is 2.26 bits per heavy atom. The van der Waals surface area contributed by atoms with Gasteiger partial charge in [-0.1, -0.05) is 39.0 Å². The zero-order chi connectivity index (χ0) is 25.2. The minimum absolute atomic E-state index is 0.177. The highest BCUT2D eigenvalue weighted by atomic mass is 32.2. The molecule has 0 bridgehead atoms. The molecule has 35 heavy (non-hydrogen) atoms. The summed E-state index contributed by atoms with van der Waals surface area (Å²) in [7, 11) is -3.65. The Balaban J connectivity index is 1.48. The molecule has 1 aliphatic rings. The highest BCUT2D eigenvalue weighted by Gasteiger charge is 2.26. The van der Waals surface area contributed by atoms with E-state index in [1.807, 2.05) is 39.8 Å². The number of rotatable bonds is 9. The van der Waals surface area contributed by atoms with Crippen LogP contribution in [-0.4, -0.2) is 49.9 Å². The van der Waals surface area contributed by atoms with Crippen molar-refractivity contribution in [3.8, 4) is 5.75 Å². The van der Waals surface area contributed by atoms with Crippen molar-refractivity contribution in [1.29, 1.82) is 0 Å². The van der Waals surface area contributed by atoms with Gasteiger partial charge in [0.15, 0.2) is 5.13 Å². The summed E-state index contributed by atoms with van der Waals surface area (Å²) < 4.78 is 34.5. The second kappa shape index (κ2) is 10.6. The Hall–Kier alpha value is -2.49. The second-order valence-electron chi connectivity index (χ2n) is 9.84. The van der Waals surface area contributed by atoms with Gasteiger partial charge in [0.05, 0.1) is 20.7 Å². The molecule has 0 atom stereocenters. The monoisotopic (exact) mass is 515 g/mol. The van der Waals surface area contributed by atoms with Crippen molar-refractivity contribution in [1.82, 2.24) is 9.29 Å². The lowest BCUT2D eigenvalue weighted by Crippen LogP contribution is -2.37. The highest BCUT2D eigenvalue weighted by molar-refractivity contribution is 7.89. The van der Waals surface area contributed by atoms with Crippen LogP contribution >= 0.6 is 11.3 Å². The molecule has 0 N–H and O–H groups in total. The first-order valence-corrected chi connectivity index (χ1v) is 14.4. The molecule has 4 rings (SSSR count). The Labute approximate surface area is 211 Å². The van der Waals surface area contributed by atoms with E-state index in [4.69, 9.17) is 9.72 Å². The average molecular weight is 516 g/mol. The fraction of sp³-hybridized carbons (Fsp3) is 0.462. The summed E-state index contributed by atoms with van der Waals surface area (Å²) in [5, 5.41) is 1.00. The maximum absolute atomic E-state index is 13.2. The van der Waals surface area contributed by atoms with E-state index in [1.165, 1.54) is 41.4 Å². The number of hydrogen-bond donors (Lipinski definition) is 0. The quantitative estimate of drug-likeness (QED) is 0.280. The number of hydrogen-bond acceptors (Lipinski definition) is 7. The van der Waals surface area contributed by atoms with Gasteiger partial charge in [0.2, 0.25) is 10.0 Å². The van der Waals surface area contributed by atoms with Gasteiger partial charge in [-0.15, -0.1) is 0 Å².